The molecule has 1 N–H and O–H groups in total. The van der Waals surface area contributed by atoms with E-state index < -0.39 is 20.8 Å². The number of unbranched alkanes of at least 4 members (excludes halogenated alkanes) is 6. The SMILES string of the molecule is CCCCCCCCCc1ccc(S(=O)(=O)O)c([O-])c1Oc1ccccc1.[Na+]. The number of benzene rings is 2. The molecule has 0 saturated carbocycles. The number of hydrogen-bond donors (Lipinski definition) is 1. The zero-order valence-corrected chi connectivity index (χ0v) is 19.5. The maximum Gasteiger partial charge on any atom is 1.00 e. The number of para-hydroxylation sites is 1. The van der Waals surface area contributed by atoms with Gasteiger partial charge in [0.2, 0.25) is 0 Å². The molecule has 28 heavy (non-hydrogen) atoms. The molecule has 0 amide bonds. The van der Waals surface area contributed by atoms with Gasteiger partial charge in [0.05, 0.1) is 4.90 Å². The molecule has 0 heterocycles. The van der Waals surface area contributed by atoms with Gasteiger partial charge in [-0.2, -0.15) is 8.42 Å². The van der Waals surface area contributed by atoms with Gasteiger partial charge in [-0.3, -0.25) is 4.55 Å². The molecule has 0 aliphatic heterocycles. The summed E-state index contributed by atoms with van der Waals surface area (Å²) in [6.45, 7) is 2.19. The first-order valence-electron chi connectivity index (χ1n) is 9.46. The maximum absolute atomic E-state index is 12.6. The van der Waals surface area contributed by atoms with Crippen LogP contribution in [0.3, 0.4) is 0 Å². The van der Waals surface area contributed by atoms with Crippen molar-refractivity contribution < 1.29 is 52.4 Å². The molecule has 0 aromatic heterocycles. The molecule has 2 aromatic carbocycles. The van der Waals surface area contributed by atoms with Crippen molar-refractivity contribution >= 4 is 10.1 Å². The maximum atomic E-state index is 12.6. The summed E-state index contributed by atoms with van der Waals surface area (Å²) in [7, 11) is -4.60. The Morgan fingerprint density at radius 3 is 2.14 bits per heavy atom. The smallest absolute Gasteiger partial charge is 0.869 e. The van der Waals surface area contributed by atoms with Crippen molar-refractivity contribution in [3.8, 4) is 17.2 Å². The summed E-state index contributed by atoms with van der Waals surface area (Å²) in [5.41, 5.74) is 0.657. The van der Waals surface area contributed by atoms with Crippen molar-refractivity contribution in [2.45, 2.75) is 63.2 Å². The minimum Gasteiger partial charge on any atom is -0.869 e. The Morgan fingerprint density at radius 1 is 0.929 bits per heavy atom. The van der Waals surface area contributed by atoms with Crippen LogP contribution in [0.5, 0.6) is 17.2 Å². The molecule has 148 valence electrons. The molecule has 0 spiro atoms. The Bertz CT molecular complexity index is 822. The van der Waals surface area contributed by atoms with E-state index in [0.29, 0.717) is 17.7 Å². The van der Waals surface area contributed by atoms with Gasteiger partial charge in [0.15, 0.2) is 0 Å². The predicted octanol–water partition coefficient (Wildman–Crippen LogP) is 2.10. The van der Waals surface area contributed by atoms with Crippen molar-refractivity contribution in [2.24, 2.45) is 0 Å². The summed E-state index contributed by atoms with van der Waals surface area (Å²) in [5, 5.41) is 12.6. The summed E-state index contributed by atoms with van der Waals surface area (Å²) in [4.78, 5) is -0.656. The Kier molecular flexibility index (Phi) is 11.2. The van der Waals surface area contributed by atoms with Gasteiger partial charge in [-0.25, -0.2) is 0 Å². The van der Waals surface area contributed by atoms with Gasteiger partial charge in [0, 0.05) is 0 Å². The average Bonchev–Trinajstić information content (AvgIpc) is 2.63. The number of ether oxygens (including phenoxy) is 1. The van der Waals surface area contributed by atoms with E-state index in [2.05, 4.69) is 6.92 Å². The first-order chi connectivity index (χ1) is 12.9. The van der Waals surface area contributed by atoms with Crippen molar-refractivity contribution in [3.05, 3.63) is 48.0 Å². The molecule has 2 rings (SSSR count). The largest absolute Gasteiger partial charge is 1.00 e. The Balaban J connectivity index is 0.00000392. The molecule has 5 nitrogen and oxygen atoms in total. The quantitative estimate of drug-likeness (QED) is 0.346. The predicted molar refractivity (Wildman–Crippen MR) is 104 cm³/mol. The topological polar surface area (TPSA) is 86.7 Å². The third-order valence-electron chi connectivity index (χ3n) is 4.45. The molecule has 0 aliphatic carbocycles. The van der Waals surface area contributed by atoms with Gasteiger partial charge in [0.25, 0.3) is 10.1 Å². The van der Waals surface area contributed by atoms with Gasteiger partial charge >= 0.3 is 29.6 Å². The van der Waals surface area contributed by atoms with Crippen LogP contribution in [0.15, 0.2) is 47.4 Å². The van der Waals surface area contributed by atoms with Crippen molar-refractivity contribution in [1.29, 1.82) is 0 Å². The van der Waals surface area contributed by atoms with Crippen LogP contribution in [0.1, 0.15) is 57.4 Å². The zero-order valence-electron chi connectivity index (χ0n) is 16.7. The monoisotopic (exact) mass is 414 g/mol. The summed E-state index contributed by atoms with van der Waals surface area (Å²) < 4.78 is 37.9. The second-order valence-corrected chi connectivity index (χ2v) is 8.03. The molecule has 0 fully saturated rings. The average molecular weight is 414 g/mol. The van der Waals surface area contributed by atoms with Crippen LogP contribution in [0.4, 0.5) is 0 Å². The van der Waals surface area contributed by atoms with E-state index in [1.54, 1.807) is 30.3 Å². The summed E-state index contributed by atoms with van der Waals surface area (Å²) in [6, 6.07) is 11.4. The third kappa shape index (κ3) is 7.76. The number of hydrogen-bond acceptors (Lipinski definition) is 4. The first kappa shape index (κ1) is 25.0. The second kappa shape index (κ2) is 12.5. The minimum atomic E-state index is -4.60. The van der Waals surface area contributed by atoms with E-state index in [9.17, 15) is 18.1 Å². The van der Waals surface area contributed by atoms with E-state index in [4.69, 9.17) is 4.74 Å². The molecule has 0 saturated heterocycles. The van der Waals surface area contributed by atoms with Gasteiger partial charge in [-0.1, -0.05) is 69.7 Å². The van der Waals surface area contributed by atoms with Crippen molar-refractivity contribution in [3.63, 3.8) is 0 Å². The fraction of sp³-hybridized carbons (Fsp3) is 0.429. The molecule has 0 bridgehead atoms. The second-order valence-electron chi connectivity index (χ2n) is 6.64. The third-order valence-corrected chi connectivity index (χ3v) is 5.33. The van der Waals surface area contributed by atoms with Crippen LogP contribution < -0.4 is 39.4 Å². The van der Waals surface area contributed by atoms with Gasteiger partial charge in [-0.05, 0) is 42.4 Å². The molecule has 2 aromatic rings. The van der Waals surface area contributed by atoms with E-state index >= 15 is 0 Å². The van der Waals surface area contributed by atoms with Crippen LogP contribution >= 0.6 is 0 Å². The normalized spacial score (nSPS) is 11.1. The van der Waals surface area contributed by atoms with Gasteiger partial charge in [0.1, 0.15) is 11.5 Å². The Hall–Kier alpha value is -1.05. The van der Waals surface area contributed by atoms with Crippen molar-refractivity contribution in [2.75, 3.05) is 0 Å². The van der Waals surface area contributed by atoms with E-state index in [-0.39, 0.29) is 35.3 Å². The fourth-order valence-electron chi connectivity index (χ4n) is 2.98. The summed E-state index contributed by atoms with van der Waals surface area (Å²) >= 11 is 0. The zero-order chi connectivity index (χ0) is 19.7. The number of aryl methyl sites for hydroxylation is 1. The molecule has 0 radical (unpaired) electrons. The number of rotatable bonds is 11. The molecule has 0 atom stereocenters. The van der Waals surface area contributed by atoms with Crippen LogP contribution in [-0.2, 0) is 16.5 Å². The standard InChI is InChI=1S/C21H28O5S.Na/c1-2-3-4-5-6-7-9-12-17-15-16-19(27(23,24)25)20(22)21(17)26-18-13-10-8-11-14-18;/h8,10-11,13-16,22H,2-7,9,12H2,1H3,(H,23,24,25);/q;+1/p-1. The van der Waals surface area contributed by atoms with Crippen LogP contribution in [-0.4, -0.2) is 13.0 Å². The molecule has 0 unspecified atom stereocenters. The molecular formula is C21H27NaO5S. The molecular weight excluding hydrogens is 387 g/mol. The summed E-state index contributed by atoms with van der Waals surface area (Å²) in [5.74, 6) is -0.382. The van der Waals surface area contributed by atoms with Crippen LogP contribution in [0, 0.1) is 0 Å². The van der Waals surface area contributed by atoms with E-state index in [1.807, 2.05) is 6.07 Å². The Morgan fingerprint density at radius 2 is 1.54 bits per heavy atom. The van der Waals surface area contributed by atoms with E-state index in [0.717, 1.165) is 25.3 Å². The van der Waals surface area contributed by atoms with Gasteiger partial charge in [-0.15, -0.1) is 0 Å². The Labute approximate surface area is 190 Å². The summed E-state index contributed by atoms with van der Waals surface area (Å²) in [6.07, 6.45) is 8.62. The minimum absolute atomic E-state index is 0. The fourth-order valence-corrected chi connectivity index (χ4v) is 3.54. The molecule has 0 aliphatic rings. The van der Waals surface area contributed by atoms with Crippen molar-refractivity contribution in [1.82, 2.24) is 0 Å². The molecule has 7 heteroatoms. The first-order valence-corrected chi connectivity index (χ1v) is 10.9. The van der Waals surface area contributed by atoms with Crippen LogP contribution in [0.2, 0.25) is 0 Å². The van der Waals surface area contributed by atoms with E-state index in [1.165, 1.54) is 25.7 Å². The van der Waals surface area contributed by atoms with Crippen LogP contribution in [0.25, 0.3) is 0 Å². The van der Waals surface area contributed by atoms with Gasteiger partial charge < -0.3 is 9.84 Å².